The summed E-state index contributed by atoms with van der Waals surface area (Å²) in [6, 6.07) is 13.3. The van der Waals surface area contributed by atoms with Crippen molar-refractivity contribution in [3.05, 3.63) is 92.4 Å². The number of hydrazone groups is 1. The van der Waals surface area contributed by atoms with Gasteiger partial charge in [0, 0.05) is 35.4 Å². The summed E-state index contributed by atoms with van der Waals surface area (Å²) in [6.07, 6.45) is 2.15. The highest BCUT2D eigenvalue weighted by atomic mass is 16.6. The first-order valence-corrected chi connectivity index (χ1v) is 10.9. The molecular weight excluding hydrogens is 436 g/mol. The van der Waals surface area contributed by atoms with Crippen molar-refractivity contribution in [3.63, 3.8) is 0 Å². The van der Waals surface area contributed by atoms with Crippen molar-refractivity contribution < 1.29 is 18.9 Å². The number of benzene rings is 2. The second kappa shape index (κ2) is 9.70. The van der Waals surface area contributed by atoms with Crippen LogP contribution in [-0.4, -0.2) is 22.4 Å². The Morgan fingerprint density at radius 1 is 1.06 bits per heavy atom. The van der Waals surface area contributed by atoms with Gasteiger partial charge in [-0.3, -0.25) is 19.7 Å². The molecular formula is C25H24N4O5. The summed E-state index contributed by atoms with van der Waals surface area (Å²) in [5, 5.41) is 17.9. The molecule has 4 rings (SSSR count). The molecule has 1 aliphatic carbocycles. The number of nitro groups is 1. The highest BCUT2D eigenvalue weighted by molar-refractivity contribution is 6.09. The number of hydrogen-bond acceptors (Lipinski definition) is 6. The SMILES string of the molecule is Cc1ccc(NC(=O)c2oc3c(c2C)/C(=N/NC(=O)Cc2ccc([N+](=O)[O-])cc2)CCC3)cc1. The number of carbonyl (C=O) groups excluding carboxylic acids is 2. The van der Waals surface area contributed by atoms with E-state index in [9.17, 15) is 19.7 Å². The van der Waals surface area contributed by atoms with Crippen LogP contribution in [0.5, 0.6) is 0 Å². The molecule has 0 saturated heterocycles. The van der Waals surface area contributed by atoms with Crippen LogP contribution >= 0.6 is 0 Å². The van der Waals surface area contributed by atoms with E-state index in [-0.39, 0.29) is 29.7 Å². The fourth-order valence-corrected chi connectivity index (χ4v) is 3.91. The van der Waals surface area contributed by atoms with E-state index in [1.165, 1.54) is 12.1 Å². The minimum atomic E-state index is -0.487. The van der Waals surface area contributed by atoms with Gasteiger partial charge >= 0.3 is 0 Å². The Labute approximate surface area is 196 Å². The predicted molar refractivity (Wildman–Crippen MR) is 127 cm³/mol. The zero-order chi connectivity index (χ0) is 24.2. The van der Waals surface area contributed by atoms with Gasteiger partial charge in [-0.2, -0.15) is 5.10 Å². The minimum absolute atomic E-state index is 0.0308. The van der Waals surface area contributed by atoms with E-state index in [2.05, 4.69) is 15.8 Å². The average Bonchev–Trinajstić information content (AvgIpc) is 3.17. The maximum absolute atomic E-state index is 12.8. The lowest BCUT2D eigenvalue weighted by atomic mass is 9.93. The zero-order valence-electron chi connectivity index (χ0n) is 18.9. The first-order chi connectivity index (χ1) is 16.3. The highest BCUT2D eigenvalue weighted by Gasteiger charge is 2.28. The van der Waals surface area contributed by atoms with Crippen LogP contribution in [0.1, 0.15) is 51.4 Å². The molecule has 0 aliphatic heterocycles. The van der Waals surface area contributed by atoms with Gasteiger partial charge in [0.2, 0.25) is 5.91 Å². The van der Waals surface area contributed by atoms with Crippen LogP contribution < -0.4 is 10.7 Å². The van der Waals surface area contributed by atoms with Crippen LogP contribution in [0.25, 0.3) is 0 Å². The van der Waals surface area contributed by atoms with Gasteiger partial charge in [-0.25, -0.2) is 5.43 Å². The number of fused-ring (bicyclic) bond motifs is 1. The van der Waals surface area contributed by atoms with E-state index in [0.29, 0.717) is 41.1 Å². The third kappa shape index (κ3) is 5.03. The molecule has 0 radical (unpaired) electrons. The summed E-state index contributed by atoms with van der Waals surface area (Å²) in [5.74, 6) is 0.239. The van der Waals surface area contributed by atoms with Gasteiger partial charge in [-0.05, 0) is 44.4 Å². The van der Waals surface area contributed by atoms with E-state index in [1.54, 1.807) is 12.1 Å². The molecule has 2 N–H and O–H groups in total. The van der Waals surface area contributed by atoms with Crippen molar-refractivity contribution in [2.75, 3.05) is 5.32 Å². The minimum Gasteiger partial charge on any atom is -0.455 e. The number of carbonyl (C=O) groups is 2. The number of nitrogens with one attached hydrogen (secondary N) is 2. The van der Waals surface area contributed by atoms with E-state index in [0.717, 1.165) is 17.5 Å². The Bertz CT molecular complexity index is 1270. The van der Waals surface area contributed by atoms with Gasteiger partial charge in [0.15, 0.2) is 5.76 Å². The van der Waals surface area contributed by atoms with E-state index in [4.69, 9.17) is 4.42 Å². The number of nitrogens with zero attached hydrogens (tertiary/aromatic N) is 2. The second-order valence-corrected chi connectivity index (χ2v) is 8.22. The molecule has 0 fully saturated rings. The van der Waals surface area contributed by atoms with E-state index in [1.807, 2.05) is 38.1 Å². The molecule has 1 heterocycles. The Morgan fingerprint density at radius 3 is 2.44 bits per heavy atom. The van der Waals surface area contributed by atoms with Crippen LogP contribution in [0, 0.1) is 24.0 Å². The molecule has 0 unspecified atom stereocenters. The highest BCUT2D eigenvalue weighted by Crippen LogP contribution is 2.30. The summed E-state index contributed by atoms with van der Waals surface area (Å²) in [4.78, 5) is 35.5. The van der Waals surface area contributed by atoms with Crippen LogP contribution in [-0.2, 0) is 17.6 Å². The molecule has 9 nitrogen and oxygen atoms in total. The van der Waals surface area contributed by atoms with Crippen molar-refractivity contribution in [2.24, 2.45) is 5.10 Å². The largest absolute Gasteiger partial charge is 0.455 e. The lowest BCUT2D eigenvalue weighted by molar-refractivity contribution is -0.384. The summed E-state index contributed by atoms with van der Waals surface area (Å²) in [7, 11) is 0. The average molecular weight is 460 g/mol. The van der Waals surface area contributed by atoms with Crippen molar-refractivity contribution in [1.82, 2.24) is 5.43 Å². The number of non-ortho nitro benzene ring substituents is 1. The normalized spacial score (nSPS) is 13.9. The van der Waals surface area contributed by atoms with E-state index < -0.39 is 4.92 Å². The van der Waals surface area contributed by atoms with Gasteiger partial charge in [0.05, 0.1) is 17.1 Å². The molecule has 174 valence electrons. The molecule has 1 aromatic heterocycles. The molecule has 1 aliphatic rings. The number of hydrogen-bond donors (Lipinski definition) is 2. The predicted octanol–water partition coefficient (Wildman–Crippen LogP) is 4.46. The summed E-state index contributed by atoms with van der Waals surface area (Å²) in [5.41, 5.74) is 7.05. The van der Waals surface area contributed by atoms with Gasteiger partial charge in [-0.15, -0.1) is 0 Å². The number of furan rings is 1. The Hall–Kier alpha value is -4.27. The number of aryl methyl sites for hydroxylation is 2. The fraction of sp³-hybridized carbons (Fsp3) is 0.240. The second-order valence-electron chi connectivity index (χ2n) is 8.22. The third-order valence-corrected chi connectivity index (χ3v) is 5.67. The standard InChI is InChI=1S/C25H24N4O5/c1-15-6-10-18(11-7-15)26-25(31)24-16(2)23-20(4-3-5-21(23)34-24)27-28-22(30)14-17-8-12-19(13-9-17)29(32)33/h6-13H,3-5,14H2,1-2H3,(H,26,31)(H,28,30)/b27-20+. The Balaban J connectivity index is 1.47. The zero-order valence-corrected chi connectivity index (χ0v) is 18.9. The van der Waals surface area contributed by atoms with Gasteiger partial charge in [-0.1, -0.05) is 29.8 Å². The lowest BCUT2D eigenvalue weighted by Crippen LogP contribution is -2.23. The van der Waals surface area contributed by atoms with Crippen molar-refractivity contribution in [2.45, 2.75) is 39.5 Å². The molecule has 2 aromatic carbocycles. The van der Waals surface area contributed by atoms with Crippen molar-refractivity contribution in [3.8, 4) is 0 Å². The first kappa shape index (κ1) is 22.9. The number of anilines is 1. The molecule has 0 bridgehead atoms. The van der Waals surface area contributed by atoms with Crippen LogP contribution in [0.3, 0.4) is 0 Å². The van der Waals surface area contributed by atoms with Gasteiger partial charge in [0.25, 0.3) is 11.6 Å². The van der Waals surface area contributed by atoms with Gasteiger partial charge < -0.3 is 9.73 Å². The summed E-state index contributed by atoms with van der Waals surface area (Å²) >= 11 is 0. The third-order valence-electron chi connectivity index (χ3n) is 5.67. The maximum Gasteiger partial charge on any atom is 0.291 e. The van der Waals surface area contributed by atoms with Crippen LogP contribution in [0.2, 0.25) is 0 Å². The lowest BCUT2D eigenvalue weighted by Gasteiger charge is -2.13. The quantitative estimate of drug-likeness (QED) is 0.415. The Kier molecular flexibility index (Phi) is 6.53. The molecule has 3 aromatic rings. The molecule has 34 heavy (non-hydrogen) atoms. The van der Waals surface area contributed by atoms with Crippen LogP contribution in [0.15, 0.2) is 58.0 Å². The van der Waals surface area contributed by atoms with Crippen LogP contribution in [0.4, 0.5) is 11.4 Å². The topological polar surface area (TPSA) is 127 Å². The summed E-state index contributed by atoms with van der Waals surface area (Å²) < 4.78 is 5.90. The summed E-state index contributed by atoms with van der Waals surface area (Å²) in [6.45, 7) is 3.79. The van der Waals surface area contributed by atoms with E-state index >= 15 is 0 Å². The van der Waals surface area contributed by atoms with Crippen molar-refractivity contribution >= 4 is 28.9 Å². The fourth-order valence-electron chi connectivity index (χ4n) is 3.91. The van der Waals surface area contributed by atoms with Gasteiger partial charge in [0.1, 0.15) is 5.76 Å². The Morgan fingerprint density at radius 2 is 1.76 bits per heavy atom. The van der Waals surface area contributed by atoms with Crippen molar-refractivity contribution in [1.29, 1.82) is 0 Å². The molecule has 0 atom stereocenters. The molecule has 2 amide bonds. The maximum atomic E-state index is 12.8. The first-order valence-electron chi connectivity index (χ1n) is 10.9. The number of rotatable bonds is 6. The smallest absolute Gasteiger partial charge is 0.291 e. The monoisotopic (exact) mass is 460 g/mol. The number of amides is 2. The molecule has 0 spiro atoms. The number of nitro benzene ring substituents is 1. The molecule has 0 saturated carbocycles. The molecule has 9 heteroatoms.